The predicted molar refractivity (Wildman–Crippen MR) is 52.5 cm³/mol. The summed E-state index contributed by atoms with van der Waals surface area (Å²) in [5, 5.41) is 0. The molecule has 0 aromatic heterocycles. The van der Waals surface area contributed by atoms with Crippen molar-refractivity contribution < 1.29 is 23.9 Å². The van der Waals surface area contributed by atoms with Crippen LogP contribution in [0.1, 0.15) is 45.4 Å². The van der Waals surface area contributed by atoms with Crippen LogP contribution in [-0.2, 0) is 14.1 Å². The quantitative estimate of drug-likeness (QED) is 0.273. The van der Waals surface area contributed by atoms with E-state index in [0.29, 0.717) is 0 Å². The standard InChI is InChI=1S/C8H19O5P/c1-2-3-4-5-6-7-8-12-13-14(9,10)11/h2-8H2,1H3,(H2,9,10,11). The van der Waals surface area contributed by atoms with Crippen LogP contribution in [0.5, 0.6) is 0 Å². The summed E-state index contributed by atoms with van der Waals surface area (Å²) in [7, 11) is -4.45. The van der Waals surface area contributed by atoms with E-state index in [9.17, 15) is 4.57 Å². The van der Waals surface area contributed by atoms with E-state index in [2.05, 4.69) is 16.5 Å². The normalized spacial score (nSPS) is 11.9. The molecular formula is C8H19O5P. The van der Waals surface area contributed by atoms with E-state index in [1.807, 2.05) is 0 Å². The fourth-order valence-corrected chi connectivity index (χ4v) is 1.26. The van der Waals surface area contributed by atoms with Gasteiger partial charge in [0.05, 0.1) is 6.61 Å². The van der Waals surface area contributed by atoms with Gasteiger partial charge in [0.15, 0.2) is 0 Å². The first-order chi connectivity index (χ1) is 6.56. The maximum atomic E-state index is 10.2. The second kappa shape index (κ2) is 8.38. The summed E-state index contributed by atoms with van der Waals surface area (Å²) in [5.41, 5.74) is 0. The number of unbranched alkanes of at least 4 members (excludes halogenated alkanes) is 5. The number of phosphoric acid groups is 1. The molecule has 0 atom stereocenters. The van der Waals surface area contributed by atoms with Crippen molar-refractivity contribution in [3.05, 3.63) is 0 Å². The third-order valence-electron chi connectivity index (χ3n) is 1.73. The molecule has 2 N–H and O–H groups in total. The molecule has 86 valence electrons. The molecule has 14 heavy (non-hydrogen) atoms. The molecule has 0 aromatic rings. The maximum Gasteiger partial charge on any atom is 0.496 e. The van der Waals surface area contributed by atoms with Crippen molar-refractivity contribution in [3.8, 4) is 0 Å². The highest BCUT2D eigenvalue weighted by Gasteiger charge is 2.14. The van der Waals surface area contributed by atoms with E-state index in [1.54, 1.807) is 0 Å². The molecule has 0 rings (SSSR count). The van der Waals surface area contributed by atoms with Crippen molar-refractivity contribution in [1.82, 2.24) is 0 Å². The Morgan fingerprint density at radius 3 is 2.21 bits per heavy atom. The fraction of sp³-hybridized carbons (Fsp3) is 1.00. The Kier molecular flexibility index (Phi) is 8.43. The first kappa shape index (κ1) is 14.1. The molecular weight excluding hydrogens is 207 g/mol. The minimum absolute atomic E-state index is 0.233. The fourth-order valence-electron chi connectivity index (χ4n) is 1.05. The van der Waals surface area contributed by atoms with Crippen molar-refractivity contribution in [2.75, 3.05) is 6.61 Å². The van der Waals surface area contributed by atoms with Gasteiger partial charge in [0, 0.05) is 0 Å². The molecule has 5 nitrogen and oxygen atoms in total. The average Bonchev–Trinajstić information content (AvgIpc) is 2.08. The van der Waals surface area contributed by atoms with Crippen molar-refractivity contribution in [2.45, 2.75) is 45.4 Å². The summed E-state index contributed by atoms with van der Waals surface area (Å²) in [5.74, 6) is 0. The first-order valence-corrected chi connectivity index (χ1v) is 6.46. The summed E-state index contributed by atoms with van der Waals surface area (Å²) >= 11 is 0. The van der Waals surface area contributed by atoms with Gasteiger partial charge in [-0.15, -0.1) is 4.67 Å². The molecule has 0 unspecified atom stereocenters. The molecule has 0 aliphatic carbocycles. The van der Waals surface area contributed by atoms with Crippen molar-refractivity contribution >= 4 is 7.82 Å². The molecule has 0 bridgehead atoms. The monoisotopic (exact) mass is 226 g/mol. The zero-order valence-corrected chi connectivity index (χ0v) is 9.41. The molecule has 6 heteroatoms. The molecule has 0 heterocycles. The van der Waals surface area contributed by atoms with Gasteiger partial charge in [-0.1, -0.05) is 39.0 Å². The Morgan fingerprint density at radius 1 is 1.07 bits per heavy atom. The zero-order chi connectivity index (χ0) is 10.9. The number of hydrogen-bond donors (Lipinski definition) is 2. The van der Waals surface area contributed by atoms with Crippen LogP contribution in [0, 0.1) is 0 Å². The zero-order valence-electron chi connectivity index (χ0n) is 8.52. The lowest BCUT2D eigenvalue weighted by atomic mass is 10.1. The van der Waals surface area contributed by atoms with Crippen LogP contribution in [0.15, 0.2) is 0 Å². The van der Waals surface area contributed by atoms with Crippen LogP contribution in [0.2, 0.25) is 0 Å². The Morgan fingerprint density at radius 2 is 1.64 bits per heavy atom. The highest BCUT2D eigenvalue weighted by atomic mass is 31.2. The van der Waals surface area contributed by atoms with Crippen LogP contribution < -0.4 is 0 Å². The van der Waals surface area contributed by atoms with Gasteiger partial charge < -0.3 is 9.79 Å². The lowest BCUT2D eigenvalue weighted by Gasteiger charge is -2.04. The second-order valence-corrected chi connectivity index (χ2v) is 4.29. The highest BCUT2D eigenvalue weighted by Crippen LogP contribution is 2.35. The van der Waals surface area contributed by atoms with Gasteiger partial charge in [-0.2, -0.15) is 0 Å². The Balaban J connectivity index is 3.03. The van der Waals surface area contributed by atoms with E-state index >= 15 is 0 Å². The SMILES string of the molecule is CCCCCCCCOOP(=O)(O)O. The maximum absolute atomic E-state index is 10.2. The minimum atomic E-state index is -4.45. The van der Waals surface area contributed by atoms with Gasteiger partial charge in [-0.25, -0.2) is 9.45 Å². The summed E-state index contributed by atoms with van der Waals surface area (Å²) in [6.45, 7) is 2.38. The van der Waals surface area contributed by atoms with Gasteiger partial charge in [0.1, 0.15) is 0 Å². The van der Waals surface area contributed by atoms with E-state index in [-0.39, 0.29) is 6.61 Å². The molecule has 0 aliphatic heterocycles. The number of hydrogen-bond acceptors (Lipinski definition) is 3. The molecule has 0 saturated heterocycles. The average molecular weight is 226 g/mol. The summed E-state index contributed by atoms with van der Waals surface area (Å²) in [4.78, 5) is 20.8. The van der Waals surface area contributed by atoms with Gasteiger partial charge in [-0.3, -0.25) is 0 Å². The van der Waals surface area contributed by atoms with Crippen LogP contribution in [-0.4, -0.2) is 16.4 Å². The number of rotatable bonds is 9. The largest absolute Gasteiger partial charge is 0.496 e. The van der Waals surface area contributed by atoms with Gasteiger partial charge in [-0.05, 0) is 6.42 Å². The third-order valence-corrected chi connectivity index (χ3v) is 2.03. The van der Waals surface area contributed by atoms with Gasteiger partial charge >= 0.3 is 7.82 Å². The highest BCUT2D eigenvalue weighted by molar-refractivity contribution is 7.46. The van der Waals surface area contributed by atoms with Gasteiger partial charge in [0.2, 0.25) is 0 Å². The van der Waals surface area contributed by atoms with Crippen molar-refractivity contribution in [2.24, 2.45) is 0 Å². The van der Waals surface area contributed by atoms with Crippen LogP contribution in [0.4, 0.5) is 0 Å². The smallest absolute Gasteiger partial charge is 0.301 e. The van der Waals surface area contributed by atoms with Crippen molar-refractivity contribution in [1.29, 1.82) is 0 Å². The predicted octanol–water partition coefficient (Wildman–Crippen LogP) is 2.39. The van der Waals surface area contributed by atoms with Crippen molar-refractivity contribution in [3.63, 3.8) is 0 Å². The first-order valence-electron chi connectivity index (χ1n) is 4.93. The molecule has 0 radical (unpaired) electrons. The Bertz CT molecular complexity index is 167. The molecule has 0 amide bonds. The minimum Gasteiger partial charge on any atom is -0.301 e. The van der Waals surface area contributed by atoms with Crippen LogP contribution in [0.3, 0.4) is 0 Å². The Hall–Kier alpha value is 0.0700. The van der Waals surface area contributed by atoms with E-state index in [1.165, 1.54) is 19.3 Å². The molecule has 0 saturated carbocycles. The lowest BCUT2D eigenvalue weighted by Crippen LogP contribution is -1.95. The molecule has 0 aromatic carbocycles. The van der Waals surface area contributed by atoms with E-state index < -0.39 is 7.82 Å². The van der Waals surface area contributed by atoms with Crippen LogP contribution >= 0.6 is 7.82 Å². The summed E-state index contributed by atoms with van der Waals surface area (Å²) < 4.78 is 14.0. The van der Waals surface area contributed by atoms with Crippen LogP contribution in [0.25, 0.3) is 0 Å². The molecule has 0 spiro atoms. The third kappa shape index (κ3) is 12.1. The summed E-state index contributed by atoms with van der Waals surface area (Å²) in [6.07, 6.45) is 6.55. The second-order valence-electron chi connectivity index (χ2n) is 3.15. The Labute approximate surface area is 84.6 Å². The van der Waals surface area contributed by atoms with E-state index in [0.717, 1.165) is 19.3 Å². The van der Waals surface area contributed by atoms with Gasteiger partial charge in [0.25, 0.3) is 0 Å². The topological polar surface area (TPSA) is 76.0 Å². The lowest BCUT2D eigenvalue weighted by molar-refractivity contribution is -0.222. The molecule has 0 fully saturated rings. The molecule has 0 aliphatic rings. The summed E-state index contributed by atoms with van der Waals surface area (Å²) in [6, 6.07) is 0. The van der Waals surface area contributed by atoms with E-state index in [4.69, 9.17) is 9.79 Å².